The third-order valence-corrected chi connectivity index (χ3v) is 6.11. The Labute approximate surface area is 179 Å². The summed E-state index contributed by atoms with van der Waals surface area (Å²) >= 11 is 0. The highest BCUT2D eigenvalue weighted by Crippen LogP contribution is 2.40. The quantitative estimate of drug-likeness (QED) is 0.520. The number of carbonyl (C=O) groups excluding carboxylic acids is 1. The largest absolute Gasteiger partial charge is 0.489 e. The van der Waals surface area contributed by atoms with Crippen molar-refractivity contribution in [1.82, 2.24) is 0 Å². The number of rotatable bonds is 6. The van der Waals surface area contributed by atoms with Crippen molar-refractivity contribution in [3.05, 3.63) is 95.6 Å². The van der Waals surface area contributed by atoms with Gasteiger partial charge >= 0.3 is 0 Å². The first-order valence-electron chi connectivity index (χ1n) is 10.8. The van der Waals surface area contributed by atoms with Gasteiger partial charge in [-0.1, -0.05) is 79.4 Å². The van der Waals surface area contributed by atoms with E-state index in [0.29, 0.717) is 6.61 Å². The third-order valence-electron chi connectivity index (χ3n) is 6.11. The van der Waals surface area contributed by atoms with E-state index in [1.807, 2.05) is 54.6 Å². The fraction of sp³-hybridized carbons (Fsp3) is 0.296. The van der Waals surface area contributed by atoms with E-state index in [1.54, 1.807) is 0 Å². The molecule has 3 heteroatoms. The maximum absolute atomic E-state index is 13.4. The number of hydrogen-bond acceptors (Lipinski definition) is 2. The highest BCUT2D eigenvalue weighted by Gasteiger charge is 2.41. The molecule has 4 rings (SSSR count). The molecule has 1 saturated carbocycles. The van der Waals surface area contributed by atoms with Gasteiger partial charge in [-0.05, 0) is 55.2 Å². The van der Waals surface area contributed by atoms with Gasteiger partial charge < -0.3 is 10.1 Å². The lowest BCUT2D eigenvalue weighted by atomic mass is 9.68. The zero-order chi connectivity index (χ0) is 20.8. The number of anilines is 1. The molecule has 154 valence electrons. The predicted molar refractivity (Wildman–Crippen MR) is 122 cm³/mol. The van der Waals surface area contributed by atoms with E-state index in [1.165, 1.54) is 12.0 Å². The standard InChI is InChI=1S/C27H29NO2/c1-21-10-12-23(13-11-21)27(18-6-3-7-19-27)26(29)28-24-14-16-25(17-15-24)30-20-22-8-4-2-5-9-22/h2,4-5,8-17H,3,6-7,18-20H2,1H3,(H,28,29). The highest BCUT2D eigenvalue weighted by atomic mass is 16.5. The maximum atomic E-state index is 13.4. The van der Waals surface area contributed by atoms with Crippen molar-refractivity contribution >= 4 is 11.6 Å². The molecule has 0 spiro atoms. The van der Waals surface area contributed by atoms with Crippen LogP contribution < -0.4 is 10.1 Å². The monoisotopic (exact) mass is 399 g/mol. The molecule has 0 radical (unpaired) electrons. The molecule has 0 aromatic heterocycles. The molecule has 1 fully saturated rings. The first kappa shape index (κ1) is 20.2. The molecule has 3 nitrogen and oxygen atoms in total. The molecule has 3 aromatic carbocycles. The van der Waals surface area contributed by atoms with Gasteiger partial charge in [0.2, 0.25) is 5.91 Å². The first-order chi connectivity index (χ1) is 14.7. The molecule has 1 N–H and O–H groups in total. The van der Waals surface area contributed by atoms with Gasteiger partial charge in [0.25, 0.3) is 0 Å². The third kappa shape index (κ3) is 4.56. The van der Waals surface area contributed by atoms with Gasteiger partial charge in [-0.15, -0.1) is 0 Å². The van der Waals surface area contributed by atoms with Crippen molar-refractivity contribution in [3.8, 4) is 5.75 Å². The number of hydrogen-bond donors (Lipinski definition) is 1. The first-order valence-corrected chi connectivity index (χ1v) is 10.8. The Balaban J connectivity index is 1.45. The van der Waals surface area contributed by atoms with Crippen molar-refractivity contribution in [2.24, 2.45) is 0 Å². The summed E-state index contributed by atoms with van der Waals surface area (Å²) < 4.78 is 5.86. The summed E-state index contributed by atoms with van der Waals surface area (Å²) in [4.78, 5) is 13.4. The Morgan fingerprint density at radius 1 is 0.867 bits per heavy atom. The number of amides is 1. The van der Waals surface area contributed by atoms with E-state index in [4.69, 9.17) is 4.74 Å². The molecule has 0 unspecified atom stereocenters. The molecule has 1 aliphatic rings. The molecule has 30 heavy (non-hydrogen) atoms. The van der Waals surface area contributed by atoms with E-state index in [0.717, 1.165) is 48.2 Å². The lowest BCUT2D eigenvalue weighted by molar-refractivity contribution is -0.122. The molecule has 0 saturated heterocycles. The van der Waals surface area contributed by atoms with Crippen LogP contribution in [0.25, 0.3) is 0 Å². The van der Waals surface area contributed by atoms with Crippen molar-refractivity contribution in [2.45, 2.75) is 51.0 Å². The molecule has 1 aliphatic carbocycles. The summed E-state index contributed by atoms with van der Waals surface area (Å²) in [5.41, 5.74) is 3.86. The van der Waals surface area contributed by atoms with Crippen LogP contribution in [0.3, 0.4) is 0 Å². The zero-order valence-corrected chi connectivity index (χ0v) is 17.6. The van der Waals surface area contributed by atoms with Gasteiger partial charge in [0.05, 0.1) is 5.41 Å². The smallest absolute Gasteiger partial charge is 0.235 e. The minimum atomic E-state index is -0.436. The van der Waals surface area contributed by atoms with Crippen LogP contribution in [0.5, 0.6) is 5.75 Å². The summed E-state index contributed by atoms with van der Waals surface area (Å²) in [6.07, 6.45) is 5.19. The summed E-state index contributed by atoms with van der Waals surface area (Å²) in [7, 11) is 0. The maximum Gasteiger partial charge on any atom is 0.235 e. The molecule has 1 amide bonds. The van der Waals surface area contributed by atoms with Crippen LogP contribution >= 0.6 is 0 Å². The summed E-state index contributed by atoms with van der Waals surface area (Å²) in [6.45, 7) is 2.61. The average molecular weight is 400 g/mol. The number of aryl methyl sites for hydroxylation is 1. The minimum Gasteiger partial charge on any atom is -0.489 e. The second-order valence-corrected chi connectivity index (χ2v) is 8.26. The van der Waals surface area contributed by atoms with Crippen molar-refractivity contribution < 1.29 is 9.53 Å². The Bertz CT molecular complexity index is 956. The average Bonchev–Trinajstić information content (AvgIpc) is 2.80. The van der Waals surface area contributed by atoms with E-state index in [2.05, 4.69) is 36.5 Å². The lowest BCUT2D eigenvalue weighted by Crippen LogP contribution is -2.42. The highest BCUT2D eigenvalue weighted by molar-refractivity contribution is 5.99. The van der Waals surface area contributed by atoms with Gasteiger partial charge in [0.1, 0.15) is 12.4 Å². The van der Waals surface area contributed by atoms with Crippen LogP contribution in [0.4, 0.5) is 5.69 Å². The summed E-state index contributed by atoms with van der Waals surface area (Å²) in [6, 6.07) is 26.2. The van der Waals surface area contributed by atoms with Crippen LogP contribution in [-0.4, -0.2) is 5.91 Å². The molecule has 0 bridgehead atoms. The Hall–Kier alpha value is -3.07. The lowest BCUT2D eigenvalue weighted by Gasteiger charge is -2.36. The van der Waals surface area contributed by atoms with E-state index in [9.17, 15) is 4.79 Å². The van der Waals surface area contributed by atoms with Crippen LogP contribution in [0.2, 0.25) is 0 Å². The van der Waals surface area contributed by atoms with Crippen LogP contribution in [0.15, 0.2) is 78.9 Å². The number of carbonyl (C=O) groups is 1. The van der Waals surface area contributed by atoms with Crippen molar-refractivity contribution in [2.75, 3.05) is 5.32 Å². The fourth-order valence-corrected chi connectivity index (χ4v) is 4.30. The minimum absolute atomic E-state index is 0.101. The Kier molecular flexibility index (Phi) is 6.18. The fourth-order valence-electron chi connectivity index (χ4n) is 4.30. The second kappa shape index (κ2) is 9.17. The molecule has 0 heterocycles. The summed E-state index contributed by atoms with van der Waals surface area (Å²) in [5.74, 6) is 0.895. The van der Waals surface area contributed by atoms with Crippen LogP contribution in [0, 0.1) is 6.92 Å². The van der Waals surface area contributed by atoms with Crippen molar-refractivity contribution in [3.63, 3.8) is 0 Å². The van der Waals surface area contributed by atoms with E-state index < -0.39 is 5.41 Å². The Morgan fingerprint density at radius 2 is 1.53 bits per heavy atom. The Morgan fingerprint density at radius 3 is 2.20 bits per heavy atom. The van der Waals surface area contributed by atoms with Crippen molar-refractivity contribution in [1.29, 1.82) is 0 Å². The predicted octanol–water partition coefficient (Wildman–Crippen LogP) is 6.41. The summed E-state index contributed by atoms with van der Waals surface area (Å²) in [5, 5.41) is 3.17. The van der Waals surface area contributed by atoms with Gasteiger partial charge in [0.15, 0.2) is 0 Å². The molecular weight excluding hydrogens is 370 g/mol. The number of nitrogens with one attached hydrogen (secondary N) is 1. The van der Waals surface area contributed by atoms with Crippen LogP contribution in [0.1, 0.15) is 48.8 Å². The topological polar surface area (TPSA) is 38.3 Å². The SMILES string of the molecule is Cc1ccc(C2(C(=O)Nc3ccc(OCc4ccccc4)cc3)CCCCC2)cc1. The molecule has 0 aliphatic heterocycles. The number of ether oxygens (including phenoxy) is 1. The van der Waals surface area contributed by atoms with E-state index in [-0.39, 0.29) is 5.91 Å². The van der Waals surface area contributed by atoms with Gasteiger partial charge in [0, 0.05) is 5.69 Å². The number of benzene rings is 3. The molecular formula is C27H29NO2. The normalized spacial score (nSPS) is 15.4. The van der Waals surface area contributed by atoms with E-state index >= 15 is 0 Å². The molecule has 0 atom stereocenters. The van der Waals surface area contributed by atoms with Gasteiger partial charge in [-0.2, -0.15) is 0 Å². The zero-order valence-electron chi connectivity index (χ0n) is 17.6. The van der Waals surface area contributed by atoms with Crippen LogP contribution in [-0.2, 0) is 16.8 Å². The molecule has 3 aromatic rings. The second-order valence-electron chi connectivity index (χ2n) is 8.26. The van der Waals surface area contributed by atoms with Gasteiger partial charge in [-0.3, -0.25) is 4.79 Å². The van der Waals surface area contributed by atoms with Gasteiger partial charge in [-0.25, -0.2) is 0 Å².